The van der Waals surface area contributed by atoms with E-state index in [9.17, 15) is 0 Å². The van der Waals surface area contributed by atoms with Crippen LogP contribution < -0.4 is 0 Å². The number of aromatic nitrogens is 3. The summed E-state index contributed by atoms with van der Waals surface area (Å²) < 4.78 is 2.10. The first-order chi connectivity index (χ1) is 11.2. The van der Waals surface area contributed by atoms with Gasteiger partial charge < -0.3 is 0 Å². The van der Waals surface area contributed by atoms with Gasteiger partial charge in [-0.2, -0.15) is 0 Å². The molecule has 23 heavy (non-hydrogen) atoms. The minimum absolute atomic E-state index is 0.519. The molecule has 0 bridgehead atoms. The molecule has 0 N–H and O–H groups in total. The number of nitrogens with zero attached hydrogens (tertiary/aromatic N) is 4. The average molecular weight is 326 g/mol. The fraction of sp³-hybridized carbons (Fsp3) is 0.444. The number of imidazole rings is 1. The molecule has 0 aromatic carbocycles. The van der Waals surface area contributed by atoms with E-state index in [1.807, 2.05) is 18.3 Å². The monoisotopic (exact) mass is 326 g/mol. The number of hydrogen-bond donors (Lipinski definition) is 0. The van der Waals surface area contributed by atoms with Crippen molar-refractivity contribution >= 4 is 17.1 Å². The number of hydrogen-bond acceptors (Lipinski definition) is 4. The smallest absolute Gasteiger partial charge is 0.234 e. The third-order valence-electron chi connectivity index (χ3n) is 4.77. The van der Waals surface area contributed by atoms with Crippen molar-refractivity contribution in [2.24, 2.45) is 0 Å². The lowest BCUT2D eigenvalue weighted by molar-refractivity contribution is 0.171. The highest BCUT2D eigenvalue weighted by molar-refractivity contribution is 7.10. The molecule has 0 spiro atoms. The second kappa shape index (κ2) is 5.73. The lowest BCUT2D eigenvalue weighted by Gasteiger charge is -2.34. The summed E-state index contributed by atoms with van der Waals surface area (Å²) in [6, 6.07) is 4.93. The predicted molar refractivity (Wildman–Crippen MR) is 93.9 cm³/mol. The zero-order chi connectivity index (χ0) is 16.0. The number of fused-ring (bicyclic) bond motifs is 2. The van der Waals surface area contributed by atoms with E-state index >= 15 is 0 Å². The van der Waals surface area contributed by atoms with Crippen molar-refractivity contribution < 1.29 is 0 Å². The van der Waals surface area contributed by atoms with E-state index in [0.717, 1.165) is 43.1 Å². The van der Waals surface area contributed by atoms with E-state index in [0.29, 0.717) is 6.04 Å². The number of thiophene rings is 1. The number of rotatable bonds is 3. The molecular weight excluding hydrogens is 304 g/mol. The quantitative estimate of drug-likeness (QED) is 0.731. The van der Waals surface area contributed by atoms with Gasteiger partial charge in [0.2, 0.25) is 5.78 Å². The molecule has 0 aliphatic carbocycles. The van der Waals surface area contributed by atoms with E-state index in [4.69, 9.17) is 4.98 Å². The SMILES string of the molecule is CC[C@@H]1c2ccsc2CCN1Cc1cn2c(C)cc(C)nc2n1. The Labute approximate surface area is 140 Å². The molecule has 1 atom stereocenters. The zero-order valence-corrected chi connectivity index (χ0v) is 14.7. The summed E-state index contributed by atoms with van der Waals surface area (Å²) in [6.07, 6.45) is 4.45. The summed E-state index contributed by atoms with van der Waals surface area (Å²) in [4.78, 5) is 13.4. The van der Waals surface area contributed by atoms with Gasteiger partial charge in [-0.05, 0) is 49.8 Å². The van der Waals surface area contributed by atoms with Gasteiger partial charge in [0.15, 0.2) is 0 Å². The van der Waals surface area contributed by atoms with E-state index in [2.05, 4.69) is 51.8 Å². The first-order valence-electron chi connectivity index (χ1n) is 8.28. The van der Waals surface area contributed by atoms with E-state index in [1.165, 1.54) is 11.3 Å². The van der Waals surface area contributed by atoms with Gasteiger partial charge in [-0.3, -0.25) is 9.30 Å². The van der Waals surface area contributed by atoms with E-state index < -0.39 is 0 Å². The molecule has 1 aliphatic heterocycles. The molecule has 3 aromatic heterocycles. The molecule has 4 rings (SSSR count). The highest BCUT2D eigenvalue weighted by atomic mass is 32.1. The minimum Gasteiger partial charge on any atom is -0.290 e. The Bertz CT molecular complexity index is 848. The fourth-order valence-corrected chi connectivity index (χ4v) is 4.65. The third kappa shape index (κ3) is 2.58. The van der Waals surface area contributed by atoms with Crippen molar-refractivity contribution in [3.63, 3.8) is 0 Å². The molecule has 4 nitrogen and oxygen atoms in total. The van der Waals surface area contributed by atoms with Crippen LogP contribution in [0, 0.1) is 13.8 Å². The maximum Gasteiger partial charge on any atom is 0.234 e. The van der Waals surface area contributed by atoms with Crippen LogP contribution >= 0.6 is 11.3 Å². The van der Waals surface area contributed by atoms with Crippen LogP contribution in [0.1, 0.15) is 46.9 Å². The van der Waals surface area contributed by atoms with Gasteiger partial charge in [0.25, 0.3) is 0 Å². The van der Waals surface area contributed by atoms with Gasteiger partial charge in [-0.1, -0.05) is 6.92 Å². The molecule has 0 saturated carbocycles. The molecule has 0 amide bonds. The van der Waals surface area contributed by atoms with Crippen LogP contribution in [0.3, 0.4) is 0 Å². The van der Waals surface area contributed by atoms with Gasteiger partial charge in [-0.25, -0.2) is 9.97 Å². The molecule has 1 aliphatic rings. The van der Waals surface area contributed by atoms with Crippen molar-refractivity contribution in [2.45, 2.75) is 46.2 Å². The Hall–Kier alpha value is -1.72. The maximum absolute atomic E-state index is 4.75. The van der Waals surface area contributed by atoms with Crippen molar-refractivity contribution in [3.05, 3.63) is 51.2 Å². The number of aryl methyl sites for hydroxylation is 2. The fourth-order valence-electron chi connectivity index (χ4n) is 3.72. The largest absolute Gasteiger partial charge is 0.290 e. The Balaban J connectivity index is 1.64. The van der Waals surface area contributed by atoms with Crippen LogP contribution in [0.5, 0.6) is 0 Å². The third-order valence-corrected chi connectivity index (χ3v) is 5.77. The van der Waals surface area contributed by atoms with E-state index in [-0.39, 0.29) is 0 Å². The van der Waals surface area contributed by atoms with Crippen molar-refractivity contribution in [1.29, 1.82) is 0 Å². The lowest BCUT2D eigenvalue weighted by Crippen LogP contribution is -2.34. The van der Waals surface area contributed by atoms with Crippen molar-refractivity contribution in [3.8, 4) is 0 Å². The highest BCUT2D eigenvalue weighted by Crippen LogP contribution is 2.35. The van der Waals surface area contributed by atoms with Crippen LogP contribution in [0.15, 0.2) is 23.7 Å². The topological polar surface area (TPSA) is 33.4 Å². The van der Waals surface area contributed by atoms with Crippen LogP contribution in [-0.2, 0) is 13.0 Å². The van der Waals surface area contributed by atoms with Crippen molar-refractivity contribution in [2.75, 3.05) is 6.54 Å². The molecule has 4 heterocycles. The standard InChI is InChI=1S/C18H22N4S/c1-4-16-15-6-8-23-17(15)5-7-21(16)10-14-11-22-13(3)9-12(2)19-18(22)20-14/h6,8-9,11,16H,4-5,7,10H2,1-3H3/t16-/m1/s1. The van der Waals surface area contributed by atoms with Gasteiger partial charge in [-0.15, -0.1) is 11.3 Å². The minimum atomic E-state index is 0.519. The average Bonchev–Trinajstić information content (AvgIpc) is 3.13. The highest BCUT2D eigenvalue weighted by Gasteiger charge is 2.27. The lowest BCUT2D eigenvalue weighted by atomic mass is 9.98. The first kappa shape index (κ1) is 14.8. The molecule has 120 valence electrons. The maximum atomic E-state index is 4.75. The van der Waals surface area contributed by atoms with Crippen LogP contribution in [0.25, 0.3) is 5.78 Å². The Kier molecular flexibility index (Phi) is 3.70. The second-order valence-electron chi connectivity index (χ2n) is 6.38. The Morgan fingerprint density at radius 1 is 1.30 bits per heavy atom. The summed E-state index contributed by atoms with van der Waals surface area (Å²) in [5.74, 6) is 0.818. The molecular formula is C18H22N4S. The van der Waals surface area contributed by atoms with Crippen LogP contribution in [0.2, 0.25) is 0 Å². The Morgan fingerprint density at radius 2 is 2.17 bits per heavy atom. The molecule has 0 saturated heterocycles. The van der Waals surface area contributed by atoms with Crippen molar-refractivity contribution in [1.82, 2.24) is 19.3 Å². The summed E-state index contributed by atoms with van der Waals surface area (Å²) in [7, 11) is 0. The molecule has 3 aromatic rings. The zero-order valence-electron chi connectivity index (χ0n) is 13.9. The predicted octanol–water partition coefficient (Wildman–Crippen LogP) is 3.92. The van der Waals surface area contributed by atoms with Gasteiger partial charge in [0.1, 0.15) is 0 Å². The van der Waals surface area contributed by atoms with Gasteiger partial charge >= 0.3 is 0 Å². The molecule has 0 unspecified atom stereocenters. The normalized spacial score (nSPS) is 18.5. The second-order valence-corrected chi connectivity index (χ2v) is 7.39. The van der Waals surface area contributed by atoms with Gasteiger partial charge in [0, 0.05) is 41.6 Å². The first-order valence-corrected chi connectivity index (χ1v) is 9.16. The molecule has 5 heteroatoms. The Morgan fingerprint density at radius 3 is 3.00 bits per heavy atom. The van der Waals surface area contributed by atoms with Crippen LogP contribution in [-0.4, -0.2) is 25.8 Å². The summed E-state index contributed by atoms with van der Waals surface area (Å²) in [5.41, 5.74) is 4.86. The van der Waals surface area contributed by atoms with E-state index in [1.54, 1.807) is 4.88 Å². The molecule has 0 radical (unpaired) electrons. The van der Waals surface area contributed by atoms with Gasteiger partial charge in [0.05, 0.1) is 5.69 Å². The molecule has 0 fully saturated rings. The summed E-state index contributed by atoms with van der Waals surface area (Å²) in [5, 5.41) is 2.23. The summed E-state index contributed by atoms with van der Waals surface area (Å²) >= 11 is 1.90. The van der Waals surface area contributed by atoms with Crippen LogP contribution in [0.4, 0.5) is 0 Å². The summed E-state index contributed by atoms with van der Waals surface area (Å²) in [6.45, 7) is 8.43.